The number of rotatable bonds is 7. The lowest BCUT2D eigenvalue weighted by Crippen LogP contribution is -2.10. The van der Waals surface area contributed by atoms with Crippen molar-refractivity contribution >= 4 is 71.2 Å². The van der Waals surface area contributed by atoms with Crippen molar-refractivity contribution in [3.8, 4) is 39.1 Å². The monoisotopic (exact) mass is 788 g/mol. The first kappa shape index (κ1) is 35.7. The molecule has 1 aromatic heterocycles. The molecule has 0 unspecified atom stereocenters. The Morgan fingerprint density at radius 3 is 1.63 bits per heavy atom. The van der Waals surface area contributed by atoms with E-state index >= 15 is 0 Å². The van der Waals surface area contributed by atoms with Crippen molar-refractivity contribution < 1.29 is 0 Å². The zero-order valence-corrected chi connectivity index (χ0v) is 34.0. The normalized spacial score (nSPS) is 11.5. The van der Waals surface area contributed by atoms with Crippen molar-refractivity contribution in [2.45, 2.75) is 0 Å². The molecule has 0 atom stereocenters. The van der Waals surface area contributed by atoms with E-state index in [-0.39, 0.29) is 0 Å². The van der Waals surface area contributed by atoms with Crippen LogP contribution in [0.15, 0.2) is 243 Å². The third-order valence-corrected chi connectivity index (χ3v) is 12.5. The van der Waals surface area contributed by atoms with Gasteiger partial charge in [-0.05, 0) is 132 Å². The molecule has 12 rings (SSSR count). The fourth-order valence-corrected chi connectivity index (χ4v) is 9.72. The Labute approximate surface area is 360 Å². The first-order chi connectivity index (χ1) is 30.8. The van der Waals surface area contributed by atoms with Gasteiger partial charge in [0.25, 0.3) is 0 Å². The van der Waals surface area contributed by atoms with Crippen molar-refractivity contribution in [1.82, 2.24) is 4.57 Å². The average Bonchev–Trinajstić information content (AvgIpc) is 3.70. The highest BCUT2D eigenvalue weighted by Crippen LogP contribution is 2.45. The Balaban J connectivity index is 1.05. The van der Waals surface area contributed by atoms with Crippen LogP contribution in [-0.2, 0) is 0 Å². The largest absolute Gasteiger partial charge is 0.310 e. The highest BCUT2D eigenvalue weighted by Gasteiger charge is 2.20. The maximum absolute atomic E-state index is 2.42. The molecule has 0 aliphatic carbocycles. The smallest absolute Gasteiger partial charge is 0.0547 e. The van der Waals surface area contributed by atoms with E-state index in [9.17, 15) is 0 Å². The van der Waals surface area contributed by atoms with E-state index in [0.29, 0.717) is 0 Å². The third-order valence-electron chi connectivity index (χ3n) is 12.5. The molecule has 2 nitrogen and oxygen atoms in total. The van der Waals surface area contributed by atoms with Crippen LogP contribution in [0.4, 0.5) is 17.1 Å². The van der Waals surface area contributed by atoms with E-state index in [1.165, 1.54) is 81.9 Å². The highest BCUT2D eigenvalue weighted by atomic mass is 15.1. The van der Waals surface area contributed by atoms with Gasteiger partial charge in [-0.1, -0.05) is 176 Å². The van der Waals surface area contributed by atoms with Gasteiger partial charge in [-0.15, -0.1) is 0 Å². The summed E-state index contributed by atoms with van der Waals surface area (Å²) in [4.78, 5) is 2.40. The van der Waals surface area contributed by atoms with Crippen LogP contribution < -0.4 is 4.90 Å². The molecule has 0 spiro atoms. The van der Waals surface area contributed by atoms with E-state index in [4.69, 9.17) is 0 Å². The number of anilines is 3. The second kappa shape index (κ2) is 14.8. The van der Waals surface area contributed by atoms with Crippen molar-refractivity contribution in [2.75, 3.05) is 4.90 Å². The second-order valence-corrected chi connectivity index (χ2v) is 16.1. The summed E-state index contributed by atoms with van der Waals surface area (Å²) in [5.41, 5.74) is 14.0. The van der Waals surface area contributed by atoms with Crippen LogP contribution in [0.1, 0.15) is 0 Å². The summed E-state index contributed by atoms with van der Waals surface area (Å²) in [7, 11) is 0. The van der Waals surface area contributed by atoms with Gasteiger partial charge >= 0.3 is 0 Å². The number of nitrogens with zero attached hydrogens (tertiary/aromatic N) is 2. The molecule has 62 heavy (non-hydrogen) atoms. The molecule has 0 aliphatic heterocycles. The molecule has 2 heteroatoms. The number of aromatic nitrogens is 1. The fraction of sp³-hybridized carbons (Fsp3) is 0. The molecule has 0 fully saturated rings. The van der Waals surface area contributed by atoms with Gasteiger partial charge in [0.05, 0.1) is 11.0 Å². The standard InChI is InChI=1S/C60H40N2/c1-3-16-41(17-4-1)44-20-13-24-49(38-44)61(48-35-32-43(33-36-48)56-40-46-19-8-9-26-51(46)54-28-11-12-29-55(54)56)50-25-14-21-45(39-50)53-30-15-31-57-60(53)59-52-27-10-7-18-42(52)34-37-58(59)62(57)47-22-5-2-6-23-47/h1-40H. The summed E-state index contributed by atoms with van der Waals surface area (Å²) in [6.45, 7) is 0. The second-order valence-electron chi connectivity index (χ2n) is 16.1. The lowest BCUT2D eigenvalue weighted by molar-refractivity contribution is 1.18. The van der Waals surface area contributed by atoms with Gasteiger partial charge in [-0.3, -0.25) is 0 Å². The molecule has 12 aromatic rings. The van der Waals surface area contributed by atoms with Crippen LogP contribution in [0.2, 0.25) is 0 Å². The molecule has 0 saturated heterocycles. The average molecular weight is 789 g/mol. The number of fused-ring (bicyclic) bond motifs is 8. The first-order valence-corrected chi connectivity index (χ1v) is 21.3. The van der Waals surface area contributed by atoms with Crippen molar-refractivity contribution in [3.63, 3.8) is 0 Å². The summed E-state index contributed by atoms with van der Waals surface area (Å²) in [6.07, 6.45) is 0. The molecule has 0 amide bonds. The third kappa shape index (κ3) is 5.96. The van der Waals surface area contributed by atoms with Gasteiger partial charge in [0.2, 0.25) is 0 Å². The molecule has 0 aliphatic rings. The highest BCUT2D eigenvalue weighted by molar-refractivity contribution is 6.25. The Kier molecular flexibility index (Phi) is 8.53. The minimum atomic E-state index is 1.09. The molecule has 11 aromatic carbocycles. The quantitative estimate of drug-likeness (QED) is 0.146. The summed E-state index contributed by atoms with van der Waals surface area (Å²) in [5.74, 6) is 0. The van der Waals surface area contributed by atoms with Crippen molar-refractivity contribution in [2.24, 2.45) is 0 Å². The number of hydrogen-bond donors (Lipinski definition) is 0. The molecular weight excluding hydrogens is 749 g/mol. The zero-order valence-electron chi connectivity index (χ0n) is 34.0. The van der Waals surface area contributed by atoms with Gasteiger partial charge in [0.1, 0.15) is 0 Å². The lowest BCUT2D eigenvalue weighted by Gasteiger charge is -2.27. The van der Waals surface area contributed by atoms with Crippen LogP contribution in [0.5, 0.6) is 0 Å². The summed E-state index contributed by atoms with van der Waals surface area (Å²) in [6, 6.07) is 88.5. The number of benzene rings is 11. The number of para-hydroxylation sites is 1. The fourth-order valence-electron chi connectivity index (χ4n) is 9.72. The van der Waals surface area contributed by atoms with E-state index in [0.717, 1.165) is 28.3 Å². The molecule has 1 heterocycles. The van der Waals surface area contributed by atoms with E-state index in [2.05, 4.69) is 252 Å². The summed E-state index contributed by atoms with van der Waals surface area (Å²) in [5, 5.41) is 10.1. The lowest BCUT2D eigenvalue weighted by atomic mass is 9.93. The zero-order chi connectivity index (χ0) is 41.0. The van der Waals surface area contributed by atoms with Gasteiger partial charge in [0, 0.05) is 33.5 Å². The predicted octanol–water partition coefficient (Wildman–Crippen LogP) is 16.7. The minimum absolute atomic E-state index is 1.09. The van der Waals surface area contributed by atoms with Crippen LogP contribution >= 0.6 is 0 Å². The molecule has 290 valence electrons. The Bertz CT molecular complexity index is 3620. The van der Waals surface area contributed by atoms with Crippen molar-refractivity contribution in [3.05, 3.63) is 243 Å². The van der Waals surface area contributed by atoms with Crippen LogP contribution in [0.25, 0.3) is 93.2 Å². The van der Waals surface area contributed by atoms with E-state index in [1.54, 1.807) is 0 Å². The Morgan fingerprint density at radius 2 is 0.855 bits per heavy atom. The summed E-state index contributed by atoms with van der Waals surface area (Å²) < 4.78 is 2.42. The predicted molar refractivity (Wildman–Crippen MR) is 264 cm³/mol. The molecule has 0 radical (unpaired) electrons. The van der Waals surface area contributed by atoms with Crippen LogP contribution in [-0.4, -0.2) is 4.57 Å². The van der Waals surface area contributed by atoms with Crippen LogP contribution in [0.3, 0.4) is 0 Å². The topological polar surface area (TPSA) is 8.17 Å². The Morgan fingerprint density at radius 1 is 0.274 bits per heavy atom. The van der Waals surface area contributed by atoms with E-state index < -0.39 is 0 Å². The van der Waals surface area contributed by atoms with Gasteiger partial charge in [0.15, 0.2) is 0 Å². The van der Waals surface area contributed by atoms with Gasteiger partial charge in [-0.2, -0.15) is 0 Å². The first-order valence-electron chi connectivity index (χ1n) is 21.3. The molecule has 0 bridgehead atoms. The maximum Gasteiger partial charge on any atom is 0.0547 e. The molecular formula is C60H40N2. The van der Waals surface area contributed by atoms with E-state index in [1.807, 2.05) is 0 Å². The van der Waals surface area contributed by atoms with Crippen molar-refractivity contribution in [1.29, 1.82) is 0 Å². The minimum Gasteiger partial charge on any atom is -0.310 e. The molecule has 0 N–H and O–H groups in total. The maximum atomic E-state index is 2.42. The number of hydrogen-bond acceptors (Lipinski definition) is 1. The van der Waals surface area contributed by atoms with Gasteiger partial charge in [-0.25, -0.2) is 0 Å². The Hall–Kier alpha value is -8.20. The SMILES string of the molecule is c1ccc(-c2cccc(N(c3ccc(-c4cc5ccccc5c5ccccc45)cc3)c3cccc(-c4cccc5c4c4c6ccccc6ccc4n5-c4ccccc4)c3)c2)cc1. The van der Waals surface area contributed by atoms with Gasteiger partial charge < -0.3 is 9.47 Å². The van der Waals surface area contributed by atoms with Crippen LogP contribution in [0, 0.1) is 0 Å². The summed E-state index contributed by atoms with van der Waals surface area (Å²) >= 11 is 0. The molecule has 0 saturated carbocycles.